The second kappa shape index (κ2) is 7.88. The van der Waals surface area contributed by atoms with Crippen molar-refractivity contribution >= 4 is 5.97 Å². The monoisotopic (exact) mass is 296 g/mol. The number of carbonyl (C=O) groups excluding carboxylic acids is 1. The summed E-state index contributed by atoms with van der Waals surface area (Å²) in [7, 11) is 1.24. The van der Waals surface area contributed by atoms with Crippen molar-refractivity contribution < 1.29 is 24.1 Å². The molecule has 0 radical (unpaired) electrons. The first-order chi connectivity index (χ1) is 9.97. The van der Waals surface area contributed by atoms with Crippen molar-refractivity contribution in [1.82, 2.24) is 0 Å². The van der Waals surface area contributed by atoms with Gasteiger partial charge in [-0.05, 0) is 37.5 Å². The minimum Gasteiger partial charge on any atom is -0.490 e. The van der Waals surface area contributed by atoms with Crippen LogP contribution in [0.15, 0.2) is 18.2 Å². The maximum atomic E-state index is 11.7. The summed E-state index contributed by atoms with van der Waals surface area (Å²) in [6, 6.07) is 4.96. The second-order valence-corrected chi connectivity index (χ2v) is 4.92. The molecule has 0 aliphatic rings. The number of carbonyl (C=O) groups is 1. The van der Waals surface area contributed by atoms with Crippen LogP contribution in [0.4, 0.5) is 0 Å². The summed E-state index contributed by atoms with van der Waals surface area (Å²) >= 11 is 0. The van der Waals surface area contributed by atoms with Crippen LogP contribution in [-0.2, 0) is 15.1 Å². The summed E-state index contributed by atoms with van der Waals surface area (Å²) in [5.74, 6) is 0.410. The molecule has 1 rings (SSSR count). The Hall–Kier alpha value is -1.75. The van der Waals surface area contributed by atoms with Crippen LogP contribution in [-0.4, -0.2) is 31.4 Å². The van der Waals surface area contributed by atoms with Crippen molar-refractivity contribution in [3.63, 3.8) is 0 Å². The quantitative estimate of drug-likeness (QED) is 0.747. The normalized spacial score (nSPS) is 13.4. The molecule has 0 fully saturated rings. The van der Waals surface area contributed by atoms with Crippen LogP contribution in [0.25, 0.3) is 0 Å². The summed E-state index contributed by atoms with van der Waals surface area (Å²) in [5.41, 5.74) is -1.31. The van der Waals surface area contributed by atoms with Crippen molar-refractivity contribution in [2.45, 2.75) is 39.2 Å². The zero-order valence-corrected chi connectivity index (χ0v) is 13.1. The van der Waals surface area contributed by atoms with E-state index < -0.39 is 11.6 Å². The molecule has 1 atom stereocenters. The molecule has 5 heteroatoms. The molecule has 0 spiro atoms. The first-order valence-corrected chi connectivity index (χ1v) is 7.18. The van der Waals surface area contributed by atoms with Crippen molar-refractivity contribution in [3.05, 3.63) is 23.8 Å². The first kappa shape index (κ1) is 17.3. The van der Waals surface area contributed by atoms with Crippen LogP contribution < -0.4 is 9.47 Å². The Morgan fingerprint density at radius 2 is 1.71 bits per heavy atom. The molecule has 0 saturated heterocycles. The van der Waals surface area contributed by atoms with Crippen LogP contribution in [0.5, 0.6) is 11.5 Å². The SMILES string of the molecule is CCCOc1ccc(C(C)(O)C(=O)OC)cc1OCCC. The topological polar surface area (TPSA) is 65.0 Å². The third-order valence-corrected chi connectivity index (χ3v) is 3.01. The number of aliphatic hydroxyl groups is 1. The van der Waals surface area contributed by atoms with Gasteiger partial charge in [0.1, 0.15) is 0 Å². The van der Waals surface area contributed by atoms with E-state index in [9.17, 15) is 9.90 Å². The molecule has 0 amide bonds. The molecule has 5 nitrogen and oxygen atoms in total. The maximum Gasteiger partial charge on any atom is 0.342 e. The molecular weight excluding hydrogens is 272 g/mol. The number of methoxy groups -OCH3 is 1. The molecule has 21 heavy (non-hydrogen) atoms. The highest BCUT2D eigenvalue weighted by Crippen LogP contribution is 2.33. The zero-order chi connectivity index (χ0) is 15.9. The highest BCUT2D eigenvalue weighted by atomic mass is 16.5. The summed E-state index contributed by atoms with van der Waals surface area (Å²) in [4.78, 5) is 11.7. The number of rotatable bonds is 8. The summed E-state index contributed by atoms with van der Waals surface area (Å²) < 4.78 is 15.9. The van der Waals surface area contributed by atoms with Gasteiger partial charge in [-0.25, -0.2) is 4.79 Å². The van der Waals surface area contributed by atoms with Crippen molar-refractivity contribution in [2.75, 3.05) is 20.3 Å². The molecule has 0 aliphatic carbocycles. The predicted octanol–water partition coefficient (Wildman–Crippen LogP) is 2.64. The molecule has 1 unspecified atom stereocenters. The Kier molecular flexibility index (Phi) is 6.49. The van der Waals surface area contributed by atoms with Gasteiger partial charge in [-0.15, -0.1) is 0 Å². The van der Waals surface area contributed by atoms with Crippen LogP contribution >= 0.6 is 0 Å². The summed E-state index contributed by atoms with van der Waals surface area (Å²) in [5, 5.41) is 10.3. The largest absolute Gasteiger partial charge is 0.490 e. The van der Waals surface area contributed by atoms with Gasteiger partial charge in [-0.3, -0.25) is 0 Å². The minimum absolute atomic E-state index is 0.407. The lowest BCUT2D eigenvalue weighted by Crippen LogP contribution is -2.33. The van der Waals surface area contributed by atoms with Gasteiger partial charge in [-0.1, -0.05) is 19.9 Å². The van der Waals surface area contributed by atoms with Crippen LogP contribution in [0.1, 0.15) is 39.2 Å². The molecule has 1 N–H and O–H groups in total. The second-order valence-electron chi connectivity index (χ2n) is 4.92. The van der Waals surface area contributed by atoms with Gasteiger partial charge in [0.2, 0.25) is 0 Å². The Labute approximate surface area is 125 Å². The zero-order valence-electron chi connectivity index (χ0n) is 13.1. The van der Waals surface area contributed by atoms with Gasteiger partial charge in [0.25, 0.3) is 0 Å². The van der Waals surface area contributed by atoms with Gasteiger partial charge < -0.3 is 19.3 Å². The third-order valence-electron chi connectivity index (χ3n) is 3.01. The van der Waals surface area contributed by atoms with E-state index >= 15 is 0 Å². The highest BCUT2D eigenvalue weighted by molar-refractivity contribution is 5.80. The lowest BCUT2D eigenvalue weighted by Gasteiger charge is -2.22. The molecular formula is C16H24O5. The van der Waals surface area contributed by atoms with E-state index in [-0.39, 0.29) is 0 Å². The molecule has 1 aromatic rings. The Morgan fingerprint density at radius 1 is 1.14 bits per heavy atom. The Balaban J connectivity index is 3.10. The summed E-state index contributed by atoms with van der Waals surface area (Å²) in [6.07, 6.45) is 1.74. The van der Waals surface area contributed by atoms with E-state index in [2.05, 4.69) is 4.74 Å². The van der Waals surface area contributed by atoms with Gasteiger partial charge in [0.05, 0.1) is 20.3 Å². The smallest absolute Gasteiger partial charge is 0.342 e. The lowest BCUT2D eigenvalue weighted by atomic mass is 9.96. The van der Waals surface area contributed by atoms with Crippen molar-refractivity contribution in [3.8, 4) is 11.5 Å². The van der Waals surface area contributed by atoms with E-state index in [0.29, 0.717) is 30.3 Å². The molecule has 0 aromatic heterocycles. The van der Waals surface area contributed by atoms with Crippen LogP contribution in [0, 0.1) is 0 Å². The minimum atomic E-state index is -1.72. The fourth-order valence-corrected chi connectivity index (χ4v) is 1.78. The third kappa shape index (κ3) is 4.36. The number of esters is 1. The number of hydrogen-bond donors (Lipinski definition) is 1. The fraction of sp³-hybridized carbons (Fsp3) is 0.562. The van der Waals surface area contributed by atoms with E-state index in [0.717, 1.165) is 12.8 Å². The van der Waals surface area contributed by atoms with Gasteiger partial charge in [0.15, 0.2) is 17.1 Å². The van der Waals surface area contributed by atoms with Crippen LogP contribution in [0.3, 0.4) is 0 Å². The maximum absolute atomic E-state index is 11.7. The average Bonchev–Trinajstić information content (AvgIpc) is 2.50. The Bertz CT molecular complexity index is 468. The van der Waals surface area contributed by atoms with Crippen molar-refractivity contribution in [1.29, 1.82) is 0 Å². The van der Waals surface area contributed by atoms with Gasteiger partial charge >= 0.3 is 5.97 Å². The Morgan fingerprint density at radius 3 is 2.24 bits per heavy atom. The average molecular weight is 296 g/mol. The standard InChI is InChI=1S/C16H24O5/c1-5-9-20-13-8-7-12(11-14(13)21-10-6-2)16(3,18)15(17)19-4/h7-8,11,18H,5-6,9-10H2,1-4H3. The lowest BCUT2D eigenvalue weighted by molar-refractivity contribution is -0.161. The number of ether oxygens (including phenoxy) is 3. The highest BCUT2D eigenvalue weighted by Gasteiger charge is 2.34. The summed E-state index contributed by atoms with van der Waals surface area (Å²) in [6.45, 7) is 6.52. The molecule has 0 heterocycles. The first-order valence-electron chi connectivity index (χ1n) is 7.18. The van der Waals surface area contributed by atoms with E-state index in [1.165, 1.54) is 14.0 Å². The number of benzene rings is 1. The van der Waals surface area contributed by atoms with Gasteiger partial charge in [-0.2, -0.15) is 0 Å². The molecule has 0 saturated carbocycles. The van der Waals surface area contributed by atoms with Crippen LogP contribution in [0.2, 0.25) is 0 Å². The van der Waals surface area contributed by atoms with E-state index in [1.54, 1.807) is 18.2 Å². The molecule has 1 aromatic carbocycles. The predicted molar refractivity (Wildman–Crippen MR) is 79.6 cm³/mol. The van der Waals surface area contributed by atoms with E-state index in [4.69, 9.17) is 9.47 Å². The van der Waals surface area contributed by atoms with Gasteiger partial charge in [0, 0.05) is 0 Å². The fourth-order valence-electron chi connectivity index (χ4n) is 1.78. The molecule has 118 valence electrons. The number of hydrogen-bond acceptors (Lipinski definition) is 5. The molecule has 0 aliphatic heterocycles. The van der Waals surface area contributed by atoms with Crippen molar-refractivity contribution in [2.24, 2.45) is 0 Å². The molecule has 0 bridgehead atoms. The van der Waals surface area contributed by atoms with E-state index in [1.807, 2.05) is 13.8 Å².